The second-order valence-corrected chi connectivity index (χ2v) is 9.36. The van der Waals surface area contributed by atoms with Gasteiger partial charge in [0.05, 0.1) is 48.5 Å². The van der Waals surface area contributed by atoms with Crippen LogP contribution in [0.1, 0.15) is 25.1 Å². The highest BCUT2D eigenvalue weighted by atomic mass is 19.1. The molecule has 4 heterocycles. The number of rotatable bonds is 8. The molecule has 1 fully saturated rings. The second kappa shape index (κ2) is 9.93. The maximum absolute atomic E-state index is 15.2. The summed E-state index contributed by atoms with van der Waals surface area (Å²) in [6, 6.07) is 13.5. The van der Waals surface area contributed by atoms with E-state index in [1.807, 2.05) is 12.1 Å². The Morgan fingerprint density at radius 3 is 2.61 bits per heavy atom. The van der Waals surface area contributed by atoms with Gasteiger partial charge in [0.15, 0.2) is 11.6 Å². The zero-order valence-corrected chi connectivity index (χ0v) is 20.0. The van der Waals surface area contributed by atoms with E-state index in [4.69, 9.17) is 9.26 Å². The van der Waals surface area contributed by atoms with Gasteiger partial charge in [-0.3, -0.25) is 9.97 Å². The molecule has 4 aromatic rings. The number of halogens is 1. The van der Waals surface area contributed by atoms with Crippen molar-refractivity contribution in [2.75, 3.05) is 19.8 Å². The van der Waals surface area contributed by atoms with Crippen molar-refractivity contribution in [1.29, 1.82) is 5.26 Å². The number of nitriles is 1. The fourth-order valence-corrected chi connectivity index (χ4v) is 3.89. The molecule has 3 aromatic heterocycles. The molecule has 0 spiro atoms. The SMILES string of the molecule is CC(C)(C#N)c1nccc(-c2cncc(-c3cc(-c4ccc(CNCC5COC5)cc4)no3)n2)c1F. The van der Waals surface area contributed by atoms with Crippen LogP contribution in [0.5, 0.6) is 0 Å². The van der Waals surface area contributed by atoms with E-state index in [2.05, 4.69) is 43.6 Å². The predicted octanol–water partition coefficient (Wildman–Crippen LogP) is 4.54. The van der Waals surface area contributed by atoms with Crippen LogP contribution in [0, 0.1) is 23.1 Å². The topological polar surface area (TPSA) is 110 Å². The van der Waals surface area contributed by atoms with Crippen LogP contribution in [0.2, 0.25) is 0 Å². The number of aromatic nitrogens is 4. The molecule has 1 saturated heterocycles. The first-order valence-corrected chi connectivity index (χ1v) is 11.7. The molecule has 8 nitrogen and oxygen atoms in total. The third kappa shape index (κ3) is 4.87. The van der Waals surface area contributed by atoms with Gasteiger partial charge in [0, 0.05) is 42.4 Å². The molecule has 36 heavy (non-hydrogen) atoms. The minimum absolute atomic E-state index is 0.0624. The van der Waals surface area contributed by atoms with Crippen LogP contribution in [-0.2, 0) is 16.7 Å². The fraction of sp³-hybridized carbons (Fsp3) is 0.296. The summed E-state index contributed by atoms with van der Waals surface area (Å²) in [5, 5.41) is 17.0. The summed E-state index contributed by atoms with van der Waals surface area (Å²) in [5.74, 6) is 0.435. The third-order valence-electron chi connectivity index (χ3n) is 6.15. The second-order valence-electron chi connectivity index (χ2n) is 9.36. The lowest BCUT2D eigenvalue weighted by Gasteiger charge is -2.26. The number of hydrogen-bond donors (Lipinski definition) is 1. The van der Waals surface area contributed by atoms with Crippen molar-refractivity contribution >= 4 is 0 Å². The predicted molar refractivity (Wildman–Crippen MR) is 131 cm³/mol. The van der Waals surface area contributed by atoms with Gasteiger partial charge in [0.2, 0.25) is 0 Å². The minimum Gasteiger partial charge on any atom is -0.381 e. The lowest BCUT2D eigenvalue weighted by molar-refractivity contribution is -0.0307. The van der Waals surface area contributed by atoms with Crippen molar-refractivity contribution in [2.24, 2.45) is 5.92 Å². The van der Waals surface area contributed by atoms with Gasteiger partial charge in [0.1, 0.15) is 11.4 Å². The average Bonchev–Trinajstić information content (AvgIpc) is 3.36. The van der Waals surface area contributed by atoms with Crippen molar-refractivity contribution in [1.82, 2.24) is 25.4 Å². The van der Waals surface area contributed by atoms with Gasteiger partial charge >= 0.3 is 0 Å². The summed E-state index contributed by atoms with van der Waals surface area (Å²) in [7, 11) is 0. The number of nitrogens with zero attached hydrogens (tertiary/aromatic N) is 5. The Bertz CT molecular complexity index is 1410. The van der Waals surface area contributed by atoms with Crippen LogP contribution in [0.4, 0.5) is 4.39 Å². The summed E-state index contributed by atoms with van der Waals surface area (Å²) in [6.07, 6.45) is 4.47. The third-order valence-corrected chi connectivity index (χ3v) is 6.15. The van der Waals surface area contributed by atoms with Gasteiger partial charge in [-0.1, -0.05) is 29.4 Å². The van der Waals surface area contributed by atoms with Gasteiger partial charge in [-0.15, -0.1) is 0 Å². The van der Waals surface area contributed by atoms with E-state index < -0.39 is 11.2 Å². The van der Waals surface area contributed by atoms with Crippen LogP contribution in [0.15, 0.2) is 59.5 Å². The van der Waals surface area contributed by atoms with Gasteiger partial charge in [-0.25, -0.2) is 9.37 Å². The minimum atomic E-state index is -1.08. The number of nitrogens with one attached hydrogen (secondary N) is 1. The highest BCUT2D eigenvalue weighted by Gasteiger charge is 2.28. The number of hydrogen-bond acceptors (Lipinski definition) is 8. The molecule has 0 amide bonds. The molecule has 1 N–H and O–H groups in total. The van der Waals surface area contributed by atoms with Gasteiger partial charge < -0.3 is 14.6 Å². The summed E-state index contributed by atoms with van der Waals surface area (Å²) in [6.45, 7) is 6.66. The van der Waals surface area contributed by atoms with Crippen LogP contribution >= 0.6 is 0 Å². The largest absolute Gasteiger partial charge is 0.381 e. The average molecular weight is 485 g/mol. The van der Waals surface area contributed by atoms with Crippen LogP contribution < -0.4 is 5.32 Å². The van der Waals surface area contributed by atoms with E-state index in [0.29, 0.717) is 28.8 Å². The van der Waals surface area contributed by atoms with E-state index in [0.717, 1.165) is 31.9 Å². The molecule has 0 saturated carbocycles. The van der Waals surface area contributed by atoms with Crippen LogP contribution in [0.25, 0.3) is 34.0 Å². The standard InChI is InChI=1S/C27H25FN6O2/c1-27(2,16-29)26-25(28)20(7-8-32-26)22-12-31-13-23(33-22)24-9-21(34-36-24)19-5-3-17(4-6-19)10-30-11-18-14-35-15-18/h3-9,12-13,18,30H,10-11,14-15H2,1-2H3. The lowest BCUT2D eigenvalue weighted by Crippen LogP contribution is -2.36. The Hall–Kier alpha value is -4.00. The maximum atomic E-state index is 15.2. The molecule has 1 aromatic carbocycles. The maximum Gasteiger partial charge on any atom is 0.187 e. The summed E-state index contributed by atoms with van der Waals surface area (Å²) in [5.41, 5.74) is 2.68. The van der Waals surface area contributed by atoms with Crippen molar-refractivity contribution in [3.63, 3.8) is 0 Å². The van der Waals surface area contributed by atoms with E-state index in [1.54, 1.807) is 19.9 Å². The lowest BCUT2D eigenvalue weighted by atomic mass is 9.89. The quantitative estimate of drug-likeness (QED) is 0.388. The van der Waals surface area contributed by atoms with Crippen LogP contribution in [-0.4, -0.2) is 39.9 Å². The molecule has 9 heteroatoms. The number of ether oxygens (including phenoxy) is 1. The summed E-state index contributed by atoms with van der Waals surface area (Å²) < 4.78 is 26.0. The Labute approximate surface area is 208 Å². The Balaban J connectivity index is 1.33. The Kier molecular flexibility index (Phi) is 6.55. The van der Waals surface area contributed by atoms with E-state index in [1.165, 1.54) is 30.2 Å². The zero-order valence-electron chi connectivity index (χ0n) is 20.0. The van der Waals surface area contributed by atoms with Gasteiger partial charge in [-0.05, 0) is 25.5 Å². The molecule has 182 valence electrons. The fourth-order valence-electron chi connectivity index (χ4n) is 3.89. The normalized spacial score (nSPS) is 13.8. The van der Waals surface area contributed by atoms with Crippen molar-refractivity contribution in [3.8, 4) is 40.0 Å². The smallest absolute Gasteiger partial charge is 0.187 e. The molecule has 0 unspecified atom stereocenters. The highest BCUT2D eigenvalue weighted by Crippen LogP contribution is 2.31. The molecular formula is C27H25FN6O2. The first-order chi connectivity index (χ1) is 17.4. The number of pyridine rings is 1. The monoisotopic (exact) mass is 484 g/mol. The first-order valence-electron chi connectivity index (χ1n) is 11.7. The van der Waals surface area contributed by atoms with E-state index in [9.17, 15) is 5.26 Å². The van der Waals surface area contributed by atoms with Crippen LogP contribution in [0.3, 0.4) is 0 Å². The molecule has 0 bridgehead atoms. The molecule has 1 aliphatic heterocycles. The zero-order chi connectivity index (χ0) is 25.1. The first kappa shape index (κ1) is 23.7. The number of benzene rings is 1. The van der Waals surface area contributed by atoms with Gasteiger partial charge in [-0.2, -0.15) is 5.26 Å². The molecule has 1 aliphatic rings. The van der Waals surface area contributed by atoms with Crippen molar-refractivity contribution in [2.45, 2.75) is 25.8 Å². The molecule has 0 aliphatic carbocycles. The molecule has 0 atom stereocenters. The van der Waals surface area contributed by atoms with E-state index >= 15 is 4.39 Å². The van der Waals surface area contributed by atoms with E-state index in [-0.39, 0.29) is 11.3 Å². The molecule has 5 rings (SSSR count). The summed E-state index contributed by atoms with van der Waals surface area (Å²) in [4.78, 5) is 12.8. The molecular weight excluding hydrogens is 459 g/mol. The molecule has 0 radical (unpaired) electrons. The van der Waals surface area contributed by atoms with Gasteiger partial charge in [0.25, 0.3) is 0 Å². The van der Waals surface area contributed by atoms with Crippen molar-refractivity contribution in [3.05, 3.63) is 72.1 Å². The Morgan fingerprint density at radius 1 is 1.11 bits per heavy atom. The van der Waals surface area contributed by atoms with Crippen molar-refractivity contribution < 1.29 is 13.7 Å². The summed E-state index contributed by atoms with van der Waals surface area (Å²) >= 11 is 0. The Morgan fingerprint density at radius 2 is 1.89 bits per heavy atom. The highest BCUT2D eigenvalue weighted by molar-refractivity contribution is 5.67.